The number of rotatable bonds is 3. The normalized spacial score (nSPS) is 14.6. The summed E-state index contributed by atoms with van der Waals surface area (Å²) in [4.78, 5) is 19.2. The molecule has 1 fully saturated rings. The van der Waals surface area contributed by atoms with Gasteiger partial charge in [-0.2, -0.15) is 0 Å². The summed E-state index contributed by atoms with van der Waals surface area (Å²) in [6, 6.07) is 6.37. The van der Waals surface area contributed by atoms with Crippen LogP contribution in [-0.2, 0) is 6.42 Å². The Morgan fingerprint density at radius 3 is 2.89 bits per heavy atom. The predicted molar refractivity (Wildman–Crippen MR) is 78.8 cm³/mol. The summed E-state index contributed by atoms with van der Waals surface area (Å²) >= 11 is 2.05. The fraction of sp³-hybridized carbons (Fsp3) is 0.286. The molecule has 0 unspecified atom stereocenters. The molecule has 1 heterocycles. The summed E-state index contributed by atoms with van der Waals surface area (Å²) in [5, 5.41) is 0. The van der Waals surface area contributed by atoms with E-state index in [2.05, 4.69) is 9.97 Å². The SMILES string of the molecule is O=c1[nH]c(Cc2cccc(F)c2)nc(C2CC2)c1I. The van der Waals surface area contributed by atoms with Crippen molar-refractivity contribution >= 4 is 22.6 Å². The van der Waals surface area contributed by atoms with E-state index in [1.165, 1.54) is 12.1 Å². The number of nitrogens with one attached hydrogen (secondary N) is 1. The smallest absolute Gasteiger partial charge is 0.264 e. The van der Waals surface area contributed by atoms with Gasteiger partial charge in [0.2, 0.25) is 0 Å². The van der Waals surface area contributed by atoms with Crippen molar-refractivity contribution in [2.75, 3.05) is 0 Å². The molecule has 1 aromatic heterocycles. The van der Waals surface area contributed by atoms with Crippen LogP contribution in [0.3, 0.4) is 0 Å². The lowest BCUT2D eigenvalue weighted by molar-refractivity contribution is 0.625. The van der Waals surface area contributed by atoms with Gasteiger partial charge in [-0.3, -0.25) is 4.79 Å². The zero-order valence-corrected chi connectivity index (χ0v) is 12.3. The van der Waals surface area contributed by atoms with Gasteiger partial charge in [-0.05, 0) is 53.1 Å². The molecule has 19 heavy (non-hydrogen) atoms. The quantitative estimate of drug-likeness (QED) is 0.845. The first-order valence-electron chi connectivity index (χ1n) is 6.16. The molecular formula is C14H12FIN2O. The summed E-state index contributed by atoms with van der Waals surface area (Å²) in [5.74, 6) is 0.770. The molecule has 3 rings (SSSR count). The number of hydrogen-bond acceptors (Lipinski definition) is 2. The fourth-order valence-electron chi connectivity index (χ4n) is 2.08. The van der Waals surface area contributed by atoms with Gasteiger partial charge in [-0.1, -0.05) is 12.1 Å². The van der Waals surface area contributed by atoms with Crippen LogP contribution in [0.5, 0.6) is 0 Å². The molecule has 1 aliphatic carbocycles. The van der Waals surface area contributed by atoms with E-state index in [4.69, 9.17) is 0 Å². The topological polar surface area (TPSA) is 45.8 Å². The Kier molecular flexibility index (Phi) is 3.38. The third-order valence-electron chi connectivity index (χ3n) is 3.16. The number of nitrogens with zero attached hydrogens (tertiary/aromatic N) is 1. The molecule has 1 aromatic carbocycles. The first kappa shape index (κ1) is 12.8. The van der Waals surface area contributed by atoms with Gasteiger partial charge < -0.3 is 4.98 Å². The molecule has 0 atom stereocenters. The van der Waals surface area contributed by atoms with E-state index in [9.17, 15) is 9.18 Å². The van der Waals surface area contributed by atoms with Crippen LogP contribution in [0.15, 0.2) is 29.1 Å². The fourth-order valence-corrected chi connectivity index (χ4v) is 2.77. The maximum atomic E-state index is 13.1. The van der Waals surface area contributed by atoms with Crippen LogP contribution in [0.2, 0.25) is 0 Å². The van der Waals surface area contributed by atoms with Crippen molar-refractivity contribution in [1.82, 2.24) is 9.97 Å². The number of hydrogen-bond donors (Lipinski definition) is 1. The van der Waals surface area contributed by atoms with Gasteiger partial charge in [0, 0.05) is 12.3 Å². The molecule has 0 amide bonds. The zero-order chi connectivity index (χ0) is 13.4. The van der Waals surface area contributed by atoms with Crippen LogP contribution in [0.4, 0.5) is 4.39 Å². The van der Waals surface area contributed by atoms with Crippen molar-refractivity contribution in [2.24, 2.45) is 0 Å². The van der Waals surface area contributed by atoms with Crippen molar-refractivity contribution in [1.29, 1.82) is 0 Å². The summed E-state index contributed by atoms with van der Waals surface area (Å²) in [6.07, 6.45) is 2.65. The minimum atomic E-state index is -0.271. The first-order valence-corrected chi connectivity index (χ1v) is 7.24. The van der Waals surface area contributed by atoms with E-state index in [0.29, 0.717) is 21.7 Å². The Bertz CT molecular complexity index is 679. The molecule has 0 spiro atoms. The average molecular weight is 370 g/mol. The van der Waals surface area contributed by atoms with Crippen molar-refractivity contribution in [3.05, 3.63) is 61.1 Å². The largest absolute Gasteiger partial charge is 0.309 e. The Balaban J connectivity index is 1.95. The molecule has 1 N–H and O–H groups in total. The van der Waals surface area contributed by atoms with Crippen molar-refractivity contribution in [2.45, 2.75) is 25.2 Å². The first-order chi connectivity index (χ1) is 9.13. The van der Waals surface area contributed by atoms with Gasteiger partial charge in [-0.15, -0.1) is 0 Å². The maximum absolute atomic E-state index is 13.1. The molecule has 3 nitrogen and oxygen atoms in total. The van der Waals surface area contributed by atoms with E-state index >= 15 is 0 Å². The number of halogens is 2. The second kappa shape index (κ2) is 5.03. The second-order valence-electron chi connectivity index (χ2n) is 4.79. The highest BCUT2D eigenvalue weighted by molar-refractivity contribution is 14.1. The van der Waals surface area contributed by atoms with Crippen LogP contribution < -0.4 is 5.56 Å². The molecule has 2 aromatic rings. The van der Waals surface area contributed by atoms with Gasteiger partial charge in [0.1, 0.15) is 11.6 Å². The molecule has 0 radical (unpaired) electrons. The summed E-state index contributed by atoms with van der Waals surface area (Å²) in [7, 11) is 0. The highest BCUT2D eigenvalue weighted by Gasteiger charge is 2.28. The minimum Gasteiger partial charge on any atom is -0.309 e. The number of aromatic amines is 1. The number of benzene rings is 1. The lowest BCUT2D eigenvalue weighted by Crippen LogP contribution is -2.18. The molecule has 0 aliphatic heterocycles. The Labute approximate surface area is 123 Å². The molecule has 1 saturated carbocycles. The number of aromatic nitrogens is 2. The zero-order valence-electron chi connectivity index (χ0n) is 10.1. The van der Waals surface area contributed by atoms with E-state index in [1.54, 1.807) is 6.07 Å². The Morgan fingerprint density at radius 2 is 2.21 bits per heavy atom. The van der Waals surface area contributed by atoms with Gasteiger partial charge in [0.05, 0.1) is 9.26 Å². The van der Waals surface area contributed by atoms with E-state index in [0.717, 1.165) is 24.1 Å². The van der Waals surface area contributed by atoms with Crippen molar-refractivity contribution < 1.29 is 4.39 Å². The predicted octanol–water partition coefficient (Wildman–Crippen LogP) is 2.98. The molecule has 0 saturated heterocycles. The molecule has 98 valence electrons. The molecule has 1 aliphatic rings. The summed E-state index contributed by atoms with van der Waals surface area (Å²) in [5.41, 5.74) is 1.62. The molecular weight excluding hydrogens is 358 g/mol. The Hall–Kier alpha value is -1.24. The number of H-pyrrole nitrogens is 1. The lowest BCUT2D eigenvalue weighted by atomic mass is 10.1. The van der Waals surface area contributed by atoms with Crippen LogP contribution in [0, 0.1) is 9.39 Å². The van der Waals surface area contributed by atoms with Gasteiger partial charge in [0.25, 0.3) is 5.56 Å². The third-order valence-corrected chi connectivity index (χ3v) is 4.20. The van der Waals surface area contributed by atoms with Gasteiger partial charge in [-0.25, -0.2) is 9.37 Å². The third kappa shape index (κ3) is 2.86. The maximum Gasteiger partial charge on any atom is 0.264 e. The summed E-state index contributed by atoms with van der Waals surface area (Å²) in [6.45, 7) is 0. The lowest BCUT2D eigenvalue weighted by Gasteiger charge is -2.06. The van der Waals surface area contributed by atoms with Crippen molar-refractivity contribution in [3.8, 4) is 0 Å². The average Bonchev–Trinajstić information content (AvgIpc) is 3.18. The van der Waals surface area contributed by atoms with Crippen LogP contribution in [-0.4, -0.2) is 9.97 Å². The van der Waals surface area contributed by atoms with Crippen molar-refractivity contribution in [3.63, 3.8) is 0 Å². The van der Waals surface area contributed by atoms with Crippen LogP contribution >= 0.6 is 22.6 Å². The molecule has 0 bridgehead atoms. The summed E-state index contributed by atoms with van der Waals surface area (Å²) < 4.78 is 13.8. The highest BCUT2D eigenvalue weighted by atomic mass is 127. The second-order valence-corrected chi connectivity index (χ2v) is 5.87. The van der Waals surface area contributed by atoms with Crippen LogP contribution in [0.1, 0.15) is 35.8 Å². The van der Waals surface area contributed by atoms with E-state index < -0.39 is 0 Å². The Morgan fingerprint density at radius 1 is 1.42 bits per heavy atom. The highest BCUT2D eigenvalue weighted by Crippen LogP contribution is 2.40. The monoisotopic (exact) mass is 370 g/mol. The van der Waals surface area contributed by atoms with Crippen LogP contribution in [0.25, 0.3) is 0 Å². The standard InChI is InChI=1S/C14H12FIN2O/c15-10-3-1-2-8(6-10)7-11-17-13(9-4-5-9)12(16)14(19)18-11/h1-3,6,9H,4-5,7H2,(H,17,18,19). The van der Waals surface area contributed by atoms with Gasteiger partial charge >= 0.3 is 0 Å². The van der Waals surface area contributed by atoms with Gasteiger partial charge in [0.15, 0.2) is 0 Å². The minimum absolute atomic E-state index is 0.0936. The molecule has 5 heteroatoms. The van der Waals surface area contributed by atoms with E-state index in [1.807, 2.05) is 28.7 Å². The van der Waals surface area contributed by atoms with E-state index in [-0.39, 0.29) is 11.4 Å².